The van der Waals surface area contributed by atoms with Gasteiger partial charge in [-0.1, -0.05) is 0 Å². The molecule has 0 unspecified atom stereocenters. The number of furan rings is 1. The number of aromatic nitrogens is 1. The molecule has 2 N–H and O–H groups in total. The van der Waals surface area contributed by atoms with Gasteiger partial charge in [0.25, 0.3) is 5.69 Å². The van der Waals surface area contributed by atoms with Crippen molar-refractivity contribution in [1.82, 2.24) is 4.98 Å². The van der Waals surface area contributed by atoms with Crippen LogP contribution in [0.5, 0.6) is 0 Å². The number of nitrogens with one attached hydrogen (secondary N) is 1. The maximum atomic E-state index is 10.9. The SMILES string of the molecule is Cc1nc(NCc2cc(C(=O)O)c(C)o2)ccc1[N+](=O)[O-]. The Morgan fingerprint density at radius 3 is 2.71 bits per heavy atom. The van der Waals surface area contributed by atoms with Crippen molar-refractivity contribution in [2.75, 3.05) is 5.32 Å². The normalized spacial score (nSPS) is 10.4. The fraction of sp³-hybridized carbons (Fsp3) is 0.231. The van der Waals surface area contributed by atoms with Crippen molar-refractivity contribution in [2.24, 2.45) is 0 Å². The van der Waals surface area contributed by atoms with Crippen LogP contribution in [0.3, 0.4) is 0 Å². The number of carbonyl (C=O) groups is 1. The zero-order valence-corrected chi connectivity index (χ0v) is 11.4. The van der Waals surface area contributed by atoms with Crippen molar-refractivity contribution >= 4 is 17.5 Å². The van der Waals surface area contributed by atoms with Gasteiger partial charge in [0, 0.05) is 6.07 Å². The predicted molar refractivity (Wildman–Crippen MR) is 73.4 cm³/mol. The highest BCUT2D eigenvalue weighted by molar-refractivity contribution is 5.88. The predicted octanol–water partition coefficient (Wildman–Crippen LogP) is 2.51. The molecule has 8 heteroatoms. The van der Waals surface area contributed by atoms with Crippen LogP contribution in [0.1, 0.15) is 27.6 Å². The Balaban J connectivity index is 2.10. The van der Waals surface area contributed by atoms with Gasteiger partial charge in [-0.05, 0) is 26.0 Å². The minimum absolute atomic E-state index is 0.0532. The smallest absolute Gasteiger partial charge is 0.339 e. The van der Waals surface area contributed by atoms with E-state index in [4.69, 9.17) is 9.52 Å². The molecule has 0 saturated carbocycles. The van der Waals surface area contributed by atoms with Crippen LogP contribution in [0.25, 0.3) is 0 Å². The lowest BCUT2D eigenvalue weighted by molar-refractivity contribution is -0.385. The van der Waals surface area contributed by atoms with Crippen LogP contribution in [-0.4, -0.2) is 21.0 Å². The van der Waals surface area contributed by atoms with Crippen molar-refractivity contribution in [3.8, 4) is 0 Å². The van der Waals surface area contributed by atoms with E-state index in [1.807, 2.05) is 0 Å². The molecular formula is C13H13N3O5. The zero-order valence-electron chi connectivity index (χ0n) is 11.4. The number of aryl methyl sites for hydroxylation is 2. The van der Waals surface area contributed by atoms with Gasteiger partial charge >= 0.3 is 5.97 Å². The Hall–Kier alpha value is -2.90. The molecule has 0 aromatic carbocycles. The van der Waals surface area contributed by atoms with Crippen LogP contribution in [0.2, 0.25) is 0 Å². The second kappa shape index (κ2) is 5.61. The summed E-state index contributed by atoms with van der Waals surface area (Å²) in [4.78, 5) is 25.2. The first-order valence-corrected chi connectivity index (χ1v) is 6.07. The highest BCUT2D eigenvalue weighted by Gasteiger charge is 2.14. The number of anilines is 1. The number of hydrogen-bond donors (Lipinski definition) is 2. The van der Waals surface area contributed by atoms with Crippen molar-refractivity contribution in [3.05, 3.63) is 51.1 Å². The largest absolute Gasteiger partial charge is 0.478 e. The summed E-state index contributed by atoms with van der Waals surface area (Å²) in [6.45, 7) is 3.35. The average Bonchev–Trinajstić information content (AvgIpc) is 2.77. The minimum atomic E-state index is -1.05. The molecule has 0 bridgehead atoms. The zero-order chi connectivity index (χ0) is 15.6. The number of carboxylic acids is 1. The summed E-state index contributed by atoms with van der Waals surface area (Å²) in [5, 5.41) is 22.5. The van der Waals surface area contributed by atoms with E-state index in [0.29, 0.717) is 23.0 Å². The van der Waals surface area contributed by atoms with E-state index in [9.17, 15) is 14.9 Å². The van der Waals surface area contributed by atoms with Crippen LogP contribution in [-0.2, 0) is 6.54 Å². The van der Waals surface area contributed by atoms with Gasteiger partial charge in [0.05, 0.1) is 11.5 Å². The van der Waals surface area contributed by atoms with Crippen molar-refractivity contribution in [3.63, 3.8) is 0 Å². The molecule has 110 valence electrons. The molecule has 2 heterocycles. The second-order valence-corrected chi connectivity index (χ2v) is 4.40. The second-order valence-electron chi connectivity index (χ2n) is 4.40. The monoisotopic (exact) mass is 291 g/mol. The Morgan fingerprint density at radius 2 is 2.19 bits per heavy atom. The number of rotatable bonds is 5. The van der Waals surface area contributed by atoms with Gasteiger partial charge in [0.2, 0.25) is 0 Å². The highest BCUT2D eigenvalue weighted by atomic mass is 16.6. The average molecular weight is 291 g/mol. The van der Waals surface area contributed by atoms with Gasteiger partial charge in [-0.25, -0.2) is 9.78 Å². The summed E-state index contributed by atoms with van der Waals surface area (Å²) in [6, 6.07) is 4.28. The van der Waals surface area contributed by atoms with Gasteiger partial charge in [-0.3, -0.25) is 10.1 Å². The lowest BCUT2D eigenvalue weighted by Crippen LogP contribution is -2.03. The number of nitro groups is 1. The maximum Gasteiger partial charge on any atom is 0.339 e. The van der Waals surface area contributed by atoms with E-state index >= 15 is 0 Å². The molecule has 0 amide bonds. The summed E-state index contributed by atoms with van der Waals surface area (Å²) < 4.78 is 5.31. The molecular weight excluding hydrogens is 278 g/mol. The minimum Gasteiger partial charge on any atom is -0.478 e. The quantitative estimate of drug-likeness (QED) is 0.641. The molecule has 2 aromatic rings. The van der Waals surface area contributed by atoms with Gasteiger partial charge in [-0.15, -0.1) is 0 Å². The Morgan fingerprint density at radius 1 is 1.48 bits per heavy atom. The van der Waals surface area contributed by atoms with Gasteiger partial charge in [-0.2, -0.15) is 0 Å². The van der Waals surface area contributed by atoms with Crippen LogP contribution in [0, 0.1) is 24.0 Å². The first kappa shape index (κ1) is 14.5. The number of nitrogens with zero attached hydrogens (tertiary/aromatic N) is 2. The fourth-order valence-electron chi connectivity index (χ4n) is 1.87. The van der Waals surface area contributed by atoms with E-state index < -0.39 is 10.9 Å². The van der Waals surface area contributed by atoms with Crippen LogP contribution >= 0.6 is 0 Å². The molecule has 0 aliphatic rings. The van der Waals surface area contributed by atoms with Crippen LogP contribution in [0.15, 0.2) is 22.6 Å². The van der Waals surface area contributed by atoms with Gasteiger partial charge < -0.3 is 14.8 Å². The van der Waals surface area contributed by atoms with Gasteiger partial charge in [0.1, 0.15) is 28.6 Å². The third kappa shape index (κ3) is 3.16. The molecule has 0 radical (unpaired) electrons. The molecule has 0 atom stereocenters. The highest BCUT2D eigenvalue weighted by Crippen LogP contribution is 2.19. The van der Waals surface area contributed by atoms with Crippen molar-refractivity contribution < 1.29 is 19.2 Å². The van der Waals surface area contributed by atoms with E-state index in [1.54, 1.807) is 13.8 Å². The fourth-order valence-corrected chi connectivity index (χ4v) is 1.87. The Labute approximate surface area is 119 Å². The van der Waals surface area contributed by atoms with Crippen molar-refractivity contribution in [2.45, 2.75) is 20.4 Å². The van der Waals surface area contributed by atoms with E-state index in [1.165, 1.54) is 18.2 Å². The first-order chi connectivity index (χ1) is 9.88. The summed E-state index contributed by atoms with van der Waals surface area (Å²) in [6.07, 6.45) is 0. The molecule has 0 saturated heterocycles. The molecule has 0 spiro atoms. The third-order valence-corrected chi connectivity index (χ3v) is 2.90. The molecule has 2 rings (SSSR count). The number of aromatic carboxylic acids is 1. The summed E-state index contributed by atoms with van der Waals surface area (Å²) in [5.41, 5.74) is 0.356. The van der Waals surface area contributed by atoms with E-state index in [2.05, 4.69) is 10.3 Å². The standard InChI is InChI=1S/C13H13N3O5/c1-7-11(16(19)20)3-4-12(15-7)14-6-9-5-10(13(17)18)8(2)21-9/h3-5H,6H2,1-2H3,(H,14,15)(H,17,18). The summed E-state index contributed by atoms with van der Waals surface area (Å²) in [5.74, 6) is 0.172. The lowest BCUT2D eigenvalue weighted by Gasteiger charge is -2.04. The van der Waals surface area contributed by atoms with E-state index in [-0.39, 0.29) is 17.8 Å². The molecule has 0 fully saturated rings. The summed E-state index contributed by atoms with van der Waals surface area (Å²) in [7, 11) is 0. The van der Waals surface area contributed by atoms with Gasteiger partial charge in [0.15, 0.2) is 0 Å². The third-order valence-electron chi connectivity index (χ3n) is 2.90. The maximum absolute atomic E-state index is 10.9. The molecule has 8 nitrogen and oxygen atoms in total. The van der Waals surface area contributed by atoms with Crippen LogP contribution in [0.4, 0.5) is 11.5 Å². The molecule has 2 aromatic heterocycles. The first-order valence-electron chi connectivity index (χ1n) is 6.07. The molecule has 0 aliphatic carbocycles. The number of carboxylic acid groups (broad SMARTS) is 1. The number of hydrogen-bond acceptors (Lipinski definition) is 6. The Kier molecular flexibility index (Phi) is 3.88. The Bertz CT molecular complexity index is 708. The number of pyridine rings is 1. The van der Waals surface area contributed by atoms with Crippen molar-refractivity contribution in [1.29, 1.82) is 0 Å². The topological polar surface area (TPSA) is 118 Å². The lowest BCUT2D eigenvalue weighted by atomic mass is 10.2. The van der Waals surface area contributed by atoms with Crippen LogP contribution < -0.4 is 5.32 Å². The molecule has 0 aliphatic heterocycles. The van der Waals surface area contributed by atoms with E-state index in [0.717, 1.165) is 0 Å². The summed E-state index contributed by atoms with van der Waals surface area (Å²) >= 11 is 0. The molecule has 21 heavy (non-hydrogen) atoms.